The van der Waals surface area contributed by atoms with Crippen LogP contribution in [0.4, 0.5) is 0 Å². The molecule has 2 fully saturated rings. The van der Waals surface area contributed by atoms with Crippen molar-refractivity contribution in [3.8, 4) is 0 Å². The van der Waals surface area contributed by atoms with Crippen LogP contribution >= 0.6 is 11.8 Å². The minimum atomic E-state index is -0.866. The van der Waals surface area contributed by atoms with E-state index in [1.807, 2.05) is 77.7 Å². The molecule has 3 amide bonds. The molecule has 3 aromatic rings. The molecule has 1 unspecified atom stereocenters. The van der Waals surface area contributed by atoms with Gasteiger partial charge >= 0.3 is 0 Å². The number of hydrogen-bond acceptors (Lipinski definition) is 7. The fourth-order valence-electron chi connectivity index (χ4n) is 7.30. The van der Waals surface area contributed by atoms with Gasteiger partial charge in [0.25, 0.3) is 0 Å². The third-order valence-electron chi connectivity index (χ3n) is 9.32. The maximum Gasteiger partial charge on any atom is 0.248 e. The first-order valence-corrected chi connectivity index (χ1v) is 16.2. The Bertz CT molecular complexity index is 1620. The zero-order valence-electron chi connectivity index (χ0n) is 24.4. The molecule has 2 saturated heterocycles. The molecule has 1 N–H and O–H groups in total. The normalized spacial score (nSPS) is 27.9. The Balaban J connectivity index is 1.23. The lowest BCUT2D eigenvalue weighted by Gasteiger charge is -2.35. The molecule has 1 spiro atoms. The van der Waals surface area contributed by atoms with Gasteiger partial charge in [0.05, 0.1) is 22.1 Å². The van der Waals surface area contributed by atoms with Crippen LogP contribution in [0.5, 0.6) is 0 Å². The predicted octanol–water partition coefficient (Wildman–Crippen LogP) is 2.85. The van der Waals surface area contributed by atoms with Crippen molar-refractivity contribution in [3.05, 3.63) is 84.5 Å². The fourth-order valence-corrected chi connectivity index (χ4v) is 9.31. The van der Waals surface area contributed by atoms with Crippen molar-refractivity contribution in [2.75, 3.05) is 26.2 Å². The zero-order chi connectivity index (χ0) is 30.3. The number of rotatable bonds is 9. The van der Waals surface area contributed by atoms with Crippen LogP contribution in [0.3, 0.4) is 0 Å². The van der Waals surface area contributed by atoms with Crippen LogP contribution in [-0.2, 0) is 27.6 Å². The van der Waals surface area contributed by atoms with Crippen molar-refractivity contribution in [3.63, 3.8) is 0 Å². The smallest absolute Gasteiger partial charge is 0.248 e. The van der Waals surface area contributed by atoms with E-state index in [2.05, 4.69) is 16.4 Å². The molecule has 11 heteroatoms. The number of carbonyl (C=O) groups is 3. The van der Waals surface area contributed by atoms with E-state index < -0.39 is 22.6 Å². The number of thioether (sulfide) groups is 1. The number of likely N-dealkylation sites (tertiary alicyclic amines) is 1. The van der Waals surface area contributed by atoms with Crippen molar-refractivity contribution < 1.29 is 19.5 Å². The largest absolute Gasteiger partial charge is 0.396 e. The van der Waals surface area contributed by atoms with Gasteiger partial charge in [0.1, 0.15) is 18.2 Å². The molecule has 10 nitrogen and oxygen atoms in total. The first-order valence-electron chi connectivity index (χ1n) is 15.3. The molecule has 2 aromatic carbocycles. The lowest BCUT2D eigenvalue weighted by Crippen LogP contribution is -2.53. The number of amides is 3. The van der Waals surface area contributed by atoms with Gasteiger partial charge in [-0.25, -0.2) is 4.68 Å². The average molecular weight is 613 g/mol. The summed E-state index contributed by atoms with van der Waals surface area (Å²) in [5, 5.41) is 17.7. The number of nitrogens with zero attached hydrogens (tertiary/aromatic N) is 6. The molecule has 4 aliphatic heterocycles. The molecule has 0 saturated carbocycles. The first kappa shape index (κ1) is 28.8. The molecule has 44 heavy (non-hydrogen) atoms. The van der Waals surface area contributed by atoms with E-state index in [1.54, 1.807) is 26.2 Å². The summed E-state index contributed by atoms with van der Waals surface area (Å²) in [6.45, 7) is 2.01. The van der Waals surface area contributed by atoms with Gasteiger partial charge in [-0.1, -0.05) is 72.0 Å². The Morgan fingerprint density at radius 3 is 2.52 bits per heavy atom. The highest BCUT2D eigenvalue weighted by molar-refractivity contribution is 8.02. The first-order chi connectivity index (χ1) is 21.5. The number of hydrogen-bond donors (Lipinski definition) is 1. The summed E-state index contributed by atoms with van der Waals surface area (Å²) < 4.78 is 0.855. The Hall–Kier alpha value is -3.96. The topological polar surface area (TPSA) is 112 Å². The van der Waals surface area contributed by atoms with Crippen molar-refractivity contribution in [1.29, 1.82) is 0 Å². The number of aliphatic hydroxyl groups is 1. The minimum Gasteiger partial charge on any atom is -0.396 e. The van der Waals surface area contributed by atoms with E-state index >= 15 is 0 Å². The Kier molecular flexibility index (Phi) is 7.75. The third-order valence-corrected chi connectivity index (χ3v) is 11.1. The predicted molar refractivity (Wildman–Crippen MR) is 167 cm³/mol. The van der Waals surface area contributed by atoms with Crippen LogP contribution in [0.15, 0.2) is 78.9 Å². The maximum absolute atomic E-state index is 14.6. The van der Waals surface area contributed by atoms with Gasteiger partial charge in [-0.15, -0.1) is 16.9 Å². The van der Waals surface area contributed by atoms with Gasteiger partial charge in [-0.2, -0.15) is 0 Å². The van der Waals surface area contributed by atoms with Crippen LogP contribution < -0.4 is 0 Å². The number of carbonyl (C=O) groups excluding carboxylic acids is 3. The molecule has 5 heterocycles. The summed E-state index contributed by atoms with van der Waals surface area (Å²) in [5.74, 6) is -1.53. The maximum atomic E-state index is 14.6. The highest BCUT2D eigenvalue weighted by Crippen LogP contribution is 2.61. The second-order valence-electron chi connectivity index (χ2n) is 12.0. The van der Waals surface area contributed by atoms with Crippen LogP contribution in [0, 0.1) is 11.8 Å². The second kappa shape index (κ2) is 11.9. The molecule has 5 atom stereocenters. The summed E-state index contributed by atoms with van der Waals surface area (Å²) in [5.41, 5.74) is 2.62. The van der Waals surface area contributed by atoms with E-state index in [-0.39, 0.29) is 36.2 Å². The summed E-state index contributed by atoms with van der Waals surface area (Å²) in [6.07, 6.45) is 10.2. The van der Waals surface area contributed by atoms with Gasteiger partial charge in [0, 0.05) is 38.0 Å². The molecular weight excluding hydrogens is 576 g/mol. The van der Waals surface area contributed by atoms with Crippen molar-refractivity contribution >= 4 is 40.5 Å². The third kappa shape index (κ3) is 4.82. The summed E-state index contributed by atoms with van der Waals surface area (Å²) in [6, 6.07) is 16.8. The highest BCUT2D eigenvalue weighted by Gasteiger charge is 2.70. The Morgan fingerprint density at radius 2 is 1.68 bits per heavy atom. The summed E-state index contributed by atoms with van der Waals surface area (Å²) in [4.78, 5) is 48.7. The SMILES string of the molecule is O=C1C2N(CCCCCO)C(=O)[C@@H]3[C@H]4C(=O)N(Cc5ccccc5)CC=C[C@H]4S[C@]23C=CCN1Cn1nnc2ccccc21. The van der Waals surface area contributed by atoms with E-state index in [9.17, 15) is 19.5 Å². The van der Waals surface area contributed by atoms with E-state index in [0.717, 1.165) is 23.0 Å². The molecule has 4 aliphatic rings. The van der Waals surface area contributed by atoms with E-state index in [1.165, 1.54) is 0 Å². The second-order valence-corrected chi connectivity index (χ2v) is 13.5. The summed E-state index contributed by atoms with van der Waals surface area (Å²) >= 11 is 1.60. The zero-order valence-corrected chi connectivity index (χ0v) is 25.3. The van der Waals surface area contributed by atoms with Crippen LogP contribution in [0.25, 0.3) is 11.0 Å². The monoisotopic (exact) mass is 612 g/mol. The standard InChI is InChI=1S/C33H36N6O4S/c40-20-8-2-7-19-38-29-32(43)37(22-39-25-14-6-5-13-24(25)34-35-39)18-10-16-33(29)28(31(38)42)27-26(44-33)15-9-17-36(30(27)41)21-23-11-3-1-4-12-23/h1,3-6,9-16,26-29,40H,2,7-8,17-22H2/t26-,27+,28+,29?,33+/m1/s1. The number of fused-ring (bicyclic) bond motifs is 3. The van der Waals surface area contributed by atoms with E-state index in [0.29, 0.717) is 39.0 Å². The lowest BCUT2D eigenvalue weighted by molar-refractivity contribution is -0.145. The van der Waals surface area contributed by atoms with Crippen LogP contribution in [-0.4, -0.2) is 94.8 Å². The molecule has 0 radical (unpaired) electrons. The van der Waals surface area contributed by atoms with Crippen LogP contribution in [0.1, 0.15) is 24.8 Å². The molecular formula is C33H36N6O4S. The van der Waals surface area contributed by atoms with Crippen LogP contribution in [0.2, 0.25) is 0 Å². The van der Waals surface area contributed by atoms with Crippen molar-refractivity contribution in [1.82, 2.24) is 29.7 Å². The number of para-hydroxylation sites is 1. The van der Waals surface area contributed by atoms with Gasteiger partial charge in [-0.05, 0) is 37.0 Å². The van der Waals surface area contributed by atoms with E-state index in [4.69, 9.17) is 0 Å². The number of benzene rings is 2. The van der Waals surface area contributed by atoms with Crippen molar-refractivity contribution in [2.24, 2.45) is 11.8 Å². The minimum absolute atomic E-state index is 0.0384. The highest BCUT2D eigenvalue weighted by atomic mass is 32.2. The van der Waals surface area contributed by atoms with Gasteiger partial charge in [-0.3, -0.25) is 14.4 Å². The molecule has 0 bridgehead atoms. The lowest BCUT2D eigenvalue weighted by atomic mass is 9.78. The van der Waals surface area contributed by atoms with Gasteiger partial charge < -0.3 is 19.8 Å². The molecule has 7 rings (SSSR count). The number of aliphatic hydroxyl groups excluding tert-OH is 1. The molecule has 228 valence electrons. The number of unbranched alkanes of at least 4 members (excludes halogenated alkanes) is 2. The number of aromatic nitrogens is 3. The van der Waals surface area contributed by atoms with Crippen molar-refractivity contribution in [2.45, 2.75) is 48.5 Å². The Morgan fingerprint density at radius 1 is 0.886 bits per heavy atom. The Labute approximate surface area is 260 Å². The quantitative estimate of drug-likeness (QED) is 0.292. The average Bonchev–Trinajstić information content (AvgIpc) is 3.59. The molecule has 0 aliphatic carbocycles. The molecule has 1 aromatic heterocycles. The fraction of sp³-hybridized carbons (Fsp3) is 0.424. The summed E-state index contributed by atoms with van der Waals surface area (Å²) in [7, 11) is 0. The van der Waals surface area contributed by atoms with Gasteiger partial charge in [0.15, 0.2) is 0 Å². The van der Waals surface area contributed by atoms with Gasteiger partial charge in [0.2, 0.25) is 17.7 Å².